The highest BCUT2D eigenvalue weighted by Gasteiger charge is 2.34. The van der Waals surface area contributed by atoms with Crippen LogP contribution in [-0.2, 0) is 11.4 Å². The summed E-state index contributed by atoms with van der Waals surface area (Å²) in [6.07, 6.45) is 1.84. The van der Waals surface area contributed by atoms with Crippen LogP contribution in [0.1, 0.15) is 29.4 Å². The zero-order valence-corrected chi connectivity index (χ0v) is 21.7. The van der Waals surface area contributed by atoms with E-state index in [1.165, 1.54) is 11.8 Å². The fourth-order valence-corrected chi connectivity index (χ4v) is 5.38. The summed E-state index contributed by atoms with van der Waals surface area (Å²) < 4.78 is 15.0. The predicted molar refractivity (Wildman–Crippen MR) is 141 cm³/mol. The number of thiocarbonyl (C=S) groups is 1. The summed E-state index contributed by atoms with van der Waals surface area (Å²) in [5, 5.41) is 1.55. The number of nitrogens with zero attached hydrogens (tertiary/aromatic N) is 2. The van der Waals surface area contributed by atoms with Crippen molar-refractivity contribution in [2.75, 3.05) is 11.6 Å². The van der Waals surface area contributed by atoms with Crippen molar-refractivity contribution in [1.82, 2.24) is 4.68 Å². The van der Waals surface area contributed by atoms with Crippen LogP contribution in [-0.4, -0.2) is 21.5 Å². The maximum absolute atomic E-state index is 13.2. The Hall–Kier alpha value is -2.55. The number of thioether (sulfide) groups is 1. The summed E-state index contributed by atoms with van der Waals surface area (Å²) in [6, 6.07) is 17.7. The third kappa shape index (κ3) is 5.03. The van der Waals surface area contributed by atoms with E-state index >= 15 is 0 Å². The molecule has 4 rings (SSSR count). The van der Waals surface area contributed by atoms with Gasteiger partial charge in [-0.2, -0.15) is 5.01 Å². The van der Waals surface area contributed by atoms with E-state index in [0.29, 0.717) is 33.9 Å². The second-order valence-corrected chi connectivity index (χ2v) is 9.99. The first kappa shape index (κ1) is 23.6. The van der Waals surface area contributed by atoms with Crippen molar-refractivity contribution < 1.29 is 14.3 Å². The third-order valence-electron chi connectivity index (χ3n) is 5.06. The number of carbonyl (C=O) groups excluding carboxylic acids is 1. The van der Waals surface area contributed by atoms with Gasteiger partial charge in [-0.1, -0.05) is 42.1 Å². The van der Waals surface area contributed by atoms with Crippen LogP contribution in [0.4, 0.5) is 0 Å². The lowest BCUT2D eigenvalue weighted by atomic mass is 10.1. The number of ether oxygens (including phenoxy) is 2. The normalized spacial score (nSPS) is 14.9. The number of aryl methyl sites for hydroxylation is 2. The number of benzene rings is 2. The average molecular weight is 544 g/mol. The number of halogens is 1. The van der Waals surface area contributed by atoms with Crippen LogP contribution >= 0.6 is 39.9 Å². The van der Waals surface area contributed by atoms with E-state index in [9.17, 15) is 4.79 Å². The molecule has 33 heavy (non-hydrogen) atoms. The van der Waals surface area contributed by atoms with Crippen LogP contribution < -0.4 is 14.5 Å². The monoisotopic (exact) mass is 542 g/mol. The van der Waals surface area contributed by atoms with Gasteiger partial charge in [0.25, 0.3) is 5.91 Å². The van der Waals surface area contributed by atoms with Crippen LogP contribution in [0.2, 0.25) is 0 Å². The van der Waals surface area contributed by atoms with E-state index in [4.69, 9.17) is 21.7 Å². The third-order valence-corrected chi connectivity index (χ3v) is 6.93. The van der Waals surface area contributed by atoms with Crippen LogP contribution in [0.5, 0.6) is 11.5 Å². The Balaban J connectivity index is 1.62. The van der Waals surface area contributed by atoms with Crippen LogP contribution in [0.15, 0.2) is 64.0 Å². The minimum atomic E-state index is -0.147. The SMILES string of the molecule is CCOc1cc(/C=C2/SC(=S)N(n3c(C)ccc3C)C2=O)cc(Br)c1OCc1ccccc1. The van der Waals surface area contributed by atoms with Crippen molar-refractivity contribution in [3.8, 4) is 11.5 Å². The summed E-state index contributed by atoms with van der Waals surface area (Å²) >= 11 is 10.4. The molecule has 2 heterocycles. The number of hydrogen-bond acceptors (Lipinski definition) is 5. The molecule has 2 aromatic carbocycles. The molecule has 0 N–H and O–H groups in total. The van der Waals surface area contributed by atoms with Crippen LogP contribution in [0, 0.1) is 13.8 Å². The molecule has 3 aromatic rings. The molecule has 0 aliphatic carbocycles. The minimum absolute atomic E-state index is 0.147. The van der Waals surface area contributed by atoms with Gasteiger partial charge >= 0.3 is 0 Å². The lowest BCUT2D eigenvalue weighted by molar-refractivity contribution is -0.114. The summed E-state index contributed by atoms with van der Waals surface area (Å²) in [6.45, 7) is 6.75. The summed E-state index contributed by atoms with van der Waals surface area (Å²) in [5.41, 5.74) is 3.78. The molecule has 0 bridgehead atoms. The number of hydrogen-bond donors (Lipinski definition) is 0. The summed E-state index contributed by atoms with van der Waals surface area (Å²) in [4.78, 5) is 13.8. The van der Waals surface area contributed by atoms with Crippen LogP contribution in [0.25, 0.3) is 6.08 Å². The summed E-state index contributed by atoms with van der Waals surface area (Å²) in [7, 11) is 0. The Labute approximate surface area is 211 Å². The van der Waals surface area contributed by atoms with E-state index in [0.717, 1.165) is 27.0 Å². The predicted octanol–water partition coefficient (Wildman–Crippen LogP) is 6.38. The van der Waals surface area contributed by atoms with Crippen molar-refractivity contribution in [3.05, 3.63) is 86.5 Å². The fraction of sp³-hybridized carbons (Fsp3) is 0.200. The topological polar surface area (TPSA) is 43.7 Å². The van der Waals surface area contributed by atoms with E-state index in [-0.39, 0.29) is 5.91 Å². The first-order valence-electron chi connectivity index (χ1n) is 10.4. The maximum atomic E-state index is 13.2. The Morgan fingerprint density at radius 2 is 1.76 bits per heavy atom. The van der Waals surface area contributed by atoms with Gasteiger partial charge in [0, 0.05) is 11.4 Å². The van der Waals surface area contributed by atoms with Crippen molar-refractivity contribution in [2.45, 2.75) is 27.4 Å². The molecule has 1 aliphatic rings. The Morgan fingerprint density at radius 1 is 1.06 bits per heavy atom. The molecule has 0 saturated carbocycles. The molecule has 0 unspecified atom stereocenters. The molecule has 0 spiro atoms. The van der Waals surface area contributed by atoms with Gasteiger partial charge in [-0.15, -0.1) is 0 Å². The molecule has 1 saturated heterocycles. The highest BCUT2D eigenvalue weighted by Crippen LogP contribution is 2.39. The van der Waals surface area contributed by atoms with Crippen molar-refractivity contribution in [2.24, 2.45) is 0 Å². The largest absolute Gasteiger partial charge is 0.490 e. The van der Waals surface area contributed by atoms with E-state index < -0.39 is 0 Å². The molecule has 0 radical (unpaired) electrons. The molecular formula is C25H23BrN2O3S2. The molecule has 0 atom stereocenters. The second kappa shape index (κ2) is 10.2. The zero-order valence-electron chi connectivity index (χ0n) is 18.5. The Kier molecular flexibility index (Phi) is 7.26. The molecule has 170 valence electrons. The van der Waals surface area contributed by atoms with E-state index in [2.05, 4.69) is 15.9 Å². The molecule has 1 aromatic heterocycles. The van der Waals surface area contributed by atoms with Crippen molar-refractivity contribution in [1.29, 1.82) is 0 Å². The number of rotatable bonds is 7. The minimum Gasteiger partial charge on any atom is -0.490 e. The smallest absolute Gasteiger partial charge is 0.285 e. The first-order chi connectivity index (χ1) is 15.9. The molecule has 1 aliphatic heterocycles. The molecular weight excluding hydrogens is 520 g/mol. The van der Waals surface area contributed by atoms with Crippen molar-refractivity contribution in [3.63, 3.8) is 0 Å². The van der Waals surface area contributed by atoms with Gasteiger partial charge in [-0.3, -0.25) is 9.47 Å². The summed E-state index contributed by atoms with van der Waals surface area (Å²) in [5.74, 6) is 1.09. The molecule has 1 fully saturated rings. The second-order valence-electron chi connectivity index (χ2n) is 7.46. The highest BCUT2D eigenvalue weighted by atomic mass is 79.9. The Bertz CT molecular complexity index is 1220. The standard InChI is InChI=1S/C25H23BrN2O3S2/c1-4-30-21-13-19(12-20(26)23(21)31-15-18-8-6-5-7-9-18)14-22-24(29)28(25(32)33-22)27-16(2)10-11-17(27)3/h5-14H,4,15H2,1-3H3/b22-14+. The molecule has 8 heteroatoms. The molecule has 1 amide bonds. The van der Waals surface area contributed by atoms with Gasteiger partial charge in [-0.05, 0) is 90.4 Å². The zero-order chi connectivity index (χ0) is 23.5. The van der Waals surface area contributed by atoms with Gasteiger partial charge in [0.2, 0.25) is 0 Å². The quantitative estimate of drug-likeness (QED) is 0.256. The Morgan fingerprint density at radius 3 is 2.42 bits per heavy atom. The molecule has 5 nitrogen and oxygen atoms in total. The number of aromatic nitrogens is 1. The van der Waals surface area contributed by atoms with E-state index in [1.54, 1.807) is 5.01 Å². The maximum Gasteiger partial charge on any atom is 0.285 e. The number of carbonyl (C=O) groups is 1. The average Bonchev–Trinajstić information content (AvgIpc) is 3.25. The lowest BCUT2D eigenvalue weighted by Crippen LogP contribution is -2.39. The van der Waals surface area contributed by atoms with Gasteiger partial charge in [-0.25, -0.2) is 0 Å². The highest BCUT2D eigenvalue weighted by molar-refractivity contribution is 9.10. The van der Waals surface area contributed by atoms with Gasteiger partial charge in [0.05, 0.1) is 16.0 Å². The first-order valence-corrected chi connectivity index (χ1v) is 12.5. The van der Waals surface area contributed by atoms with Gasteiger partial charge in [0.1, 0.15) is 6.61 Å². The van der Waals surface area contributed by atoms with Gasteiger partial charge < -0.3 is 9.47 Å². The van der Waals surface area contributed by atoms with E-state index in [1.807, 2.05) is 86.1 Å². The van der Waals surface area contributed by atoms with Crippen molar-refractivity contribution >= 4 is 56.2 Å². The fourth-order valence-electron chi connectivity index (χ4n) is 3.56. The van der Waals surface area contributed by atoms with Gasteiger partial charge in [0.15, 0.2) is 15.8 Å². The van der Waals surface area contributed by atoms with Crippen LogP contribution in [0.3, 0.4) is 0 Å². The number of amides is 1. The lowest BCUT2D eigenvalue weighted by Gasteiger charge is -2.20.